The summed E-state index contributed by atoms with van der Waals surface area (Å²) in [4.78, 5) is 26.7. The molecule has 116 valence electrons. The van der Waals surface area contributed by atoms with Gasteiger partial charge < -0.3 is 10.1 Å². The molecule has 2 heterocycles. The number of aromatic carboxylic acids is 1. The Balaban J connectivity index is 1.98. The first-order valence-corrected chi connectivity index (χ1v) is 7.57. The van der Waals surface area contributed by atoms with Gasteiger partial charge in [0, 0.05) is 22.3 Å². The average molecular weight is 330 g/mol. The lowest BCUT2D eigenvalue weighted by Crippen LogP contribution is -2.14. The van der Waals surface area contributed by atoms with Crippen LogP contribution in [0, 0.1) is 0 Å². The number of aromatic nitrogens is 3. The largest absolute Gasteiger partial charge is 0.478 e. The van der Waals surface area contributed by atoms with Crippen LogP contribution in [-0.2, 0) is 0 Å². The number of halogens is 1. The number of benzene rings is 1. The molecule has 0 amide bonds. The van der Waals surface area contributed by atoms with Crippen molar-refractivity contribution in [3.8, 4) is 11.4 Å². The third-order valence-corrected chi connectivity index (χ3v) is 4.23. The highest BCUT2D eigenvalue weighted by molar-refractivity contribution is 6.30. The highest BCUT2D eigenvalue weighted by Gasteiger charge is 2.33. The molecule has 1 saturated carbocycles. The van der Waals surface area contributed by atoms with E-state index in [1.54, 1.807) is 24.3 Å². The van der Waals surface area contributed by atoms with Crippen LogP contribution in [0.25, 0.3) is 16.9 Å². The molecule has 23 heavy (non-hydrogen) atoms. The second-order valence-corrected chi connectivity index (χ2v) is 6.08. The molecule has 4 rings (SSSR count). The van der Waals surface area contributed by atoms with Crippen LogP contribution in [0.1, 0.15) is 34.7 Å². The molecule has 1 aliphatic rings. The summed E-state index contributed by atoms with van der Waals surface area (Å²) < 4.78 is 1.37. The van der Waals surface area contributed by atoms with Gasteiger partial charge >= 0.3 is 5.97 Å². The summed E-state index contributed by atoms with van der Waals surface area (Å²) in [5, 5.41) is 14.3. The molecule has 2 N–H and O–H groups in total. The molecular weight excluding hydrogens is 318 g/mol. The first kappa shape index (κ1) is 14.0. The highest BCUT2D eigenvalue weighted by Crippen LogP contribution is 2.43. The quantitative estimate of drug-likeness (QED) is 0.773. The lowest BCUT2D eigenvalue weighted by molar-refractivity contribution is 0.0696. The third-order valence-electron chi connectivity index (χ3n) is 3.99. The molecule has 1 aromatic carbocycles. The van der Waals surface area contributed by atoms with E-state index in [0.29, 0.717) is 27.5 Å². The second-order valence-electron chi connectivity index (χ2n) is 5.64. The van der Waals surface area contributed by atoms with Gasteiger partial charge in [0.05, 0.1) is 5.56 Å². The van der Waals surface area contributed by atoms with Crippen molar-refractivity contribution in [2.24, 2.45) is 0 Å². The fraction of sp³-hybridized carbons (Fsp3) is 0.188. The zero-order valence-corrected chi connectivity index (χ0v) is 12.7. The monoisotopic (exact) mass is 329 g/mol. The average Bonchev–Trinajstić information content (AvgIpc) is 3.27. The minimum Gasteiger partial charge on any atom is -0.478 e. The molecule has 0 radical (unpaired) electrons. The standard InChI is InChI=1S/C16H12ClN3O3/c17-10-3-1-2-9(6-10)14-18-15(21)13-12(8-4-5-8)11(16(22)23)7-20(13)19-14/h1-3,6-8H,4-5H2,(H,22,23)(H,18,19,21). The summed E-state index contributed by atoms with van der Waals surface area (Å²) in [6, 6.07) is 6.95. The van der Waals surface area contributed by atoms with Gasteiger partial charge in [-0.15, -0.1) is 5.10 Å². The molecule has 2 aromatic heterocycles. The van der Waals surface area contributed by atoms with E-state index in [9.17, 15) is 14.7 Å². The fourth-order valence-electron chi connectivity index (χ4n) is 2.83. The molecule has 0 unspecified atom stereocenters. The Morgan fingerprint density at radius 2 is 2.17 bits per heavy atom. The van der Waals surface area contributed by atoms with E-state index in [-0.39, 0.29) is 17.0 Å². The van der Waals surface area contributed by atoms with Crippen molar-refractivity contribution in [2.45, 2.75) is 18.8 Å². The maximum atomic E-state index is 12.5. The molecule has 0 saturated heterocycles. The maximum Gasteiger partial charge on any atom is 0.337 e. The molecule has 0 atom stereocenters. The van der Waals surface area contributed by atoms with Crippen LogP contribution in [0.4, 0.5) is 0 Å². The first-order chi connectivity index (χ1) is 11.0. The smallest absolute Gasteiger partial charge is 0.337 e. The van der Waals surface area contributed by atoms with E-state index in [0.717, 1.165) is 12.8 Å². The Kier molecular flexibility index (Phi) is 3.02. The van der Waals surface area contributed by atoms with Crippen LogP contribution < -0.4 is 5.56 Å². The number of rotatable bonds is 3. The van der Waals surface area contributed by atoms with Gasteiger partial charge in [-0.2, -0.15) is 0 Å². The molecule has 7 heteroatoms. The summed E-state index contributed by atoms with van der Waals surface area (Å²) in [6.07, 6.45) is 3.21. The number of hydrogen-bond acceptors (Lipinski definition) is 3. The Bertz CT molecular complexity index is 1000. The van der Waals surface area contributed by atoms with Gasteiger partial charge in [0.15, 0.2) is 5.82 Å². The van der Waals surface area contributed by atoms with Gasteiger partial charge in [-0.05, 0) is 30.9 Å². The summed E-state index contributed by atoms with van der Waals surface area (Å²) in [7, 11) is 0. The van der Waals surface area contributed by atoms with Gasteiger partial charge in [-0.3, -0.25) is 4.79 Å². The number of carbonyl (C=O) groups is 1. The normalized spacial score (nSPS) is 14.3. The summed E-state index contributed by atoms with van der Waals surface area (Å²) in [6.45, 7) is 0. The van der Waals surface area contributed by atoms with Gasteiger partial charge in [-0.1, -0.05) is 23.7 Å². The summed E-state index contributed by atoms with van der Waals surface area (Å²) in [5.41, 5.74) is 1.37. The van der Waals surface area contributed by atoms with Crippen LogP contribution in [0.5, 0.6) is 0 Å². The Morgan fingerprint density at radius 3 is 2.83 bits per heavy atom. The molecular formula is C16H12ClN3O3. The van der Waals surface area contributed by atoms with E-state index in [1.807, 2.05) is 0 Å². The minimum absolute atomic E-state index is 0.131. The number of fused-ring (bicyclic) bond motifs is 1. The van der Waals surface area contributed by atoms with Crippen LogP contribution in [0.2, 0.25) is 5.02 Å². The SMILES string of the molecule is O=C(O)c1cn2nc(-c3cccc(Cl)c3)[nH]c(=O)c2c1C1CC1. The van der Waals surface area contributed by atoms with Crippen molar-refractivity contribution in [1.82, 2.24) is 14.6 Å². The number of nitrogens with zero attached hydrogens (tertiary/aromatic N) is 2. The first-order valence-electron chi connectivity index (χ1n) is 7.19. The van der Waals surface area contributed by atoms with Crippen LogP contribution in [0.3, 0.4) is 0 Å². The molecule has 0 spiro atoms. The van der Waals surface area contributed by atoms with Crippen LogP contribution in [0.15, 0.2) is 35.3 Å². The van der Waals surface area contributed by atoms with Gasteiger partial charge in [0.2, 0.25) is 0 Å². The van der Waals surface area contributed by atoms with Crippen LogP contribution in [-0.4, -0.2) is 25.7 Å². The zero-order valence-electron chi connectivity index (χ0n) is 11.9. The highest BCUT2D eigenvalue weighted by atomic mass is 35.5. The zero-order chi connectivity index (χ0) is 16.1. The molecule has 1 fully saturated rings. The number of carboxylic acids is 1. The minimum atomic E-state index is -1.04. The van der Waals surface area contributed by atoms with E-state index in [1.165, 1.54) is 10.7 Å². The fourth-order valence-corrected chi connectivity index (χ4v) is 3.02. The number of hydrogen-bond donors (Lipinski definition) is 2. The summed E-state index contributed by atoms with van der Waals surface area (Å²) in [5.74, 6) is -0.564. The topological polar surface area (TPSA) is 87.5 Å². The number of aromatic amines is 1. The van der Waals surface area contributed by atoms with Crippen molar-refractivity contribution in [2.75, 3.05) is 0 Å². The molecule has 0 aliphatic heterocycles. The second kappa shape index (κ2) is 4.96. The number of nitrogens with one attached hydrogen (secondary N) is 1. The molecule has 3 aromatic rings. The van der Waals surface area contributed by atoms with Crippen LogP contribution >= 0.6 is 11.6 Å². The van der Waals surface area contributed by atoms with Crippen molar-refractivity contribution in [1.29, 1.82) is 0 Å². The lowest BCUT2D eigenvalue weighted by atomic mass is 10.1. The van der Waals surface area contributed by atoms with Crippen molar-refractivity contribution < 1.29 is 9.90 Å². The molecule has 1 aliphatic carbocycles. The Morgan fingerprint density at radius 1 is 1.39 bits per heavy atom. The molecule has 6 nitrogen and oxygen atoms in total. The Labute approximate surface area is 135 Å². The summed E-state index contributed by atoms with van der Waals surface area (Å²) >= 11 is 5.97. The number of carboxylic acid groups (broad SMARTS) is 1. The predicted molar refractivity (Wildman–Crippen MR) is 85.2 cm³/mol. The number of H-pyrrole nitrogens is 1. The maximum absolute atomic E-state index is 12.5. The Hall–Kier alpha value is -2.60. The van der Waals surface area contributed by atoms with Crippen molar-refractivity contribution in [3.63, 3.8) is 0 Å². The van der Waals surface area contributed by atoms with Crippen molar-refractivity contribution >= 4 is 23.1 Å². The molecule has 0 bridgehead atoms. The van der Waals surface area contributed by atoms with E-state index in [2.05, 4.69) is 10.1 Å². The van der Waals surface area contributed by atoms with E-state index >= 15 is 0 Å². The van der Waals surface area contributed by atoms with E-state index in [4.69, 9.17) is 11.6 Å². The lowest BCUT2D eigenvalue weighted by Gasteiger charge is -2.03. The van der Waals surface area contributed by atoms with Gasteiger partial charge in [0.1, 0.15) is 5.52 Å². The third kappa shape index (κ3) is 2.31. The van der Waals surface area contributed by atoms with E-state index < -0.39 is 5.97 Å². The van der Waals surface area contributed by atoms with Gasteiger partial charge in [0.25, 0.3) is 5.56 Å². The predicted octanol–water partition coefficient (Wildman–Crippen LogP) is 2.92. The van der Waals surface area contributed by atoms with Crippen molar-refractivity contribution in [3.05, 3.63) is 57.0 Å². The van der Waals surface area contributed by atoms with Gasteiger partial charge in [-0.25, -0.2) is 9.31 Å².